The Morgan fingerprint density at radius 1 is 1.50 bits per heavy atom. The smallest absolute Gasteiger partial charge is 0.183 e. The maximum atomic E-state index is 10.5. The van der Waals surface area contributed by atoms with Gasteiger partial charge in [-0.2, -0.15) is 5.10 Å². The number of aliphatic hydroxyl groups is 3. The van der Waals surface area contributed by atoms with E-state index in [1.165, 1.54) is 31.2 Å². The molecule has 1 fully saturated rings. The maximum absolute atomic E-state index is 10.5. The molecule has 0 aliphatic carbocycles. The van der Waals surface area contributed by atoms with Crippen LogP contribution in [-0.2, 0) is 9.57 Å². The minimum Gasteiger partial charge on any atom is -0.394 e. The van der Waals surface area contributed by atoms with Gasteiger partial charge in [0.25, 0.3) is 0 Å². The van der Waals surface area contributed by atoms with Crippen LogP contribution in [0.15, 0.2) is 12.5 Å². The molecule has 4 atom stereocenters. The fourth-order valence-electron chi connectivity index (χ4n) is 2.56. The fourth-order valence-corrected chi connectivity index (χ4v) is 2.56. The van der Waals surface area contributed by atoms with Crippen molar-refractivity contribution < 1.29 is 24.9 Å². The number of hydrogen-bond acceptors (Lipinski definition) is 9. The van der Waals surface area contributed by atoms with E-state index in [1.807, 2.05) is 0 Å². The monoisotopic (exact) mass is 311 g/mol. The summed E-state index contributed by atoms with van der Waals surface area (Å²) in [5.41, 5.74) is 1.37. The highest BCUT2D eigenvalue weighted by Crippen LogP contribution is 2.39. The van der Waals surface area contributed by atoms with Gasteiger partial charge in [-0.1, -0.05) is 0 Å². The normalized spacial score (nSPS) is 31.8. The molecule has 0 radical (unpaired) electrons. The summed E-state index contributed by atoms with van der Waals surface area (Å²) in [6, 6.07) is 0. The van der Waals surface area contributed by atoms with Crippen LogP contribution in [0.1, 0.15) is 13.2 Å². The van der Waals surface area contributed by atoms with Crippen LogP contribution in [0.25, 0.3) is 11.0 Å². The number of nitrogens with one attached hydrogen (secondary N) is 1. The van der Waals surface area contributed by atoms with Crippen LogP contribution in [0.3, 0.4) is 0 Å². The quantitative estimate of drug-likeness (QED) is 0.513. The molecule has 0 aromatic carbocycles. The van der Waals surface area contributed by atoms with E-state index in [0.717, 1.165) is 0 Å². The van der Waals surface area contributed by atoms with Crippen LogP contribution >= 0.6 is 0 Å². The summed E-state index contributed by atoms with van der Waals surface area (Å²) in [6.07, 6.45) is -0.347. The number of fused-ring (bicyclic) bond motifs is 1. The minimum atomic E-state index is -1.63. The van der Waals surface area contributed by atoms with Crippen molar-refractivity contribution in [3.63, 3.8) is 0 Å². The van der Waals surface area contributed by atoms with Crippen LogP contribution in [0.2, 0.25) is 0 Å². The molecule has 3 rings (SSSR count). The molecule has 4 N–H and O–H groups in total. The van der Waals surface area contributed by atoms with Gasteiger partial charge in [-0.15, -0.1) is 0 Å². The average molecular weight is 311 g/mol. The van der Waals surface area contributed by atoms with Crippen molar-refractivity contribution in [2.75, 3.05) is 19.2 Å². The van der Waals surface area contributed by atoms with Crippen LogP contribution < -0.4 is 5.48 Å². The number of rotatable bonds is 4. The van der Waals surface area contributed by atoms with Crippen LogP contribution in [-0.4, -0.2) is 66.6 Å². The van der Waals surface area contributed by atoms with Gasteiger partial charge in [0.05, 0.1) is 25.3 Å². The lowest BCUT2D eigenvalue weighted by Crippen LogP contribution is -2.44. The molecule has 120 valence electrons. The van der Waals surface area contributed by atoms with Crippen molar-refractivity contribution in [1.29, 1.82) is 0 Å². The fraction of sp³-hybridized carbons (Fsp3) is 0.583. The van der Waals surface area contributed by atoms with Gasteiger partial charge in [-0.05, 0) is 6.92 Å². The number of aliphatic hydroxyl groups excluding tert-OH is 2. The molecule has 0 amide bonds. The predicted octanol–water partition coefficient (Wildman–Crippen LogP) is -1.20. The number of ether oxygens (including phenoxy) is 1. The first-order valence-electron chi connectivity index (χ1n) is 6.64. The lowest BCUT2D eigenvalue weighted by molar-refractivity contribution is -0.100. The number of anilines is 1. The molecule has 1 aliphatic heterocycles. The zero-order chi connectivity index (χ0) is 15.9. The average Bonchev–Trinajstić information content (AvgIpc) is 3.01. The van der Waals surface area contributed by atoms with E-state index >= 15 is 0 Å². The predicted molar refractivity (Wildman–Crippen MR) is 73.6 cm³/mol. The first-order valence-corrected chi connectivity index (χ1v) is 6.64. The van der Waals surface area contributed by atoms with Crippen molar-refractivity contribution in [3.8, 4) is 0 Å². The highest BCUT2D eigenvalue weighted by Gasteiger charge is 2.53. The SMILES string of the molecule is CONc1ncnc2c1cnn2C1OC(CO)C(O)C1(C)O. The number of nitrogens with zero attached hydrogens (tertiary/aromatic N) is 4. The summed E-state index contributed by atoms with van der Waals surface area (Å²) in [5, 5.41) is 34.5. The molecule has 22 heavy (non-hydrogen) atoms. The first-order chi connectivity index (χ1) is 10.5. The Kier molecular flexibility index (Phi) is 3.70. The molecule has 0 bridgehead atoms. The van der Waals surface area contributed by atoms with E-state index in [2.05, 4.69) is 20.5 Å². The summed E-state index contributed by atoms with van der Waals surface area (Å²) in [6.45, 7) is 0.999. The summed E-state index contributed by atoms with van der Waals surface area (Å²) >= 11 is 0. The van der Waals surface area contributed by atoms with Crippen LogP contribution in [0.4, 0.5) is 5.82 Å². The van der Waals surface area contributed by atoms with Crippen molar-refractivity contribution in [2.45, 2.75) is 31.0 Å². The van der Waals surface area contributed by atoms with E-state index in [9.17, 15) is 15.3 Å². The van der Waals surface area contributed by atoms with Crippen molar-refractivity contribution in [3.05, 3.63) is 12.5 Å². The summed E-state index contributed by atoms with van der Waals surface area (Å²) in [7, 11) is 1.45. The summed E-state index contributed by atoms with van der Waals surface area (Å²) < 4.78 is 6.87. The van der Waals surface area contributed by atoms with Gasteiger partial charge in [0.15, 0.2) is 17.7 Å². The van der Waals surface area contributed by atoms with Crippen molar-refractivity contribution in [1.82, 2.24) is 19.7 Å². The molecule has 2 aromatic heterocycles. The van der Waals surface area contributed by atoms with Gasteiger partial charge in [0.2, 0.25) is 0 Å². The standard InChI is InChI=1S/C12H17N5O5/c1-12(20)8(19)7(4-18)22-11(12)17-10-6(3-15-17)9(16-21-2)13-5-14-10/h3,5,7-8,11,18-20H,4H2,1-2H3,(H,13,14,16). The van der Waals surface area contributed by atoms with Gasteiger partial charge >= 0.3 is 0 Å². The lowest BCUT2D eigenvalue weighted by Gasteiger charge is -2.26. The van der Waals surface area contributed by atoms with E-state index < -0.39 is 30.6 Å². The van der Waals surface area contributed by atoms with E-state index in [1.54, 1.807) is 0 Å². The second kappa shape index (κ2) is 5.41. The van der Waals surface area contributed by atoms with Gasteiger partial charge in [0.1, 0.15) is 24.1 Å². The maximum Gasteiger partial charge on any atom is 0.183 e. The van der Waals surface area contributed by atoms with E-state index in [4.69, 9.17) is 9.57 Å². The lowest BCUT2D eigenvalue weighted by atomic mass is 9.97. The molecule has 3 heterocycles. The molecular weight excluding hydrogens is 294 g/mol. The molecule has 1 saturated heterocycles. The summed E-state index contributed by atoms with van der Waals surface area (Å²) in [5.74, 6) is 0.413. The Labute approximate surface area is 125 Å². The van der Waals surface area contributed by atoms with Gasteiger partial charge in [-0.25, -0.2) is 20.1 Å². The molecule has 2 aromatic rings. The topological polar surface area (TPSA) is 135 Å². The molecule has 0 spiro atoms. The van der Waals surface area contributed by atoms with E-state index in [-0.39, 0.29) is 0 Å². The highest BCUT2D eigenvalue weighted by molar-refractivity contribution is 5.85. The van der Waals surface area contributed by atoms with Crippen molar-refractivity contribution >= 4 is 16.9 Å². The Balaban J connectivity index is 2.06. The minimum absolute atomic E-state index is 0.394. The third kappa shape index (κ3) is 2.12. The third-order valence-corrected chi connectivity index (χ3v) is 3.75. The molecule has 4 unspecified atom stereocenters. The number of hydrogen-bond donors (Lipinski definition) is 4. The molecule has 0 saturated carbocycles. The largest absolute Gasteiger partial charge is 0.394 e. The van der Waals surface area contributed by atoms with Crippen LogP contribution in [0, 0.1) is 0 Å². The third-order valence-electron chi connectivity index (χ3n) is 3.75. The van der Waals surface area contributed by atoms with Crippen LogP contribution in [0.5, 0.6) is 0 Å². The highest BCUT2D eigenvalue weighted by atomic mass is 16.6. The molecule has 10 heteroatoms. The Bertz CT molecular complexity index is 675. The Hall–Kier alpha value is -1.85. The number of aromatic nitrogens is 4. The van der Waals surface area contributed by atoms with Gasteiger partial charge < -0.3 is 20.1 Å². The first kappa shape index (κ1) is 15.1. The Morgan fingerprint density at radius 2 is 2.27 bits per heavy atom. The zero-order valence-corrected chi connectivity index (χ0v) is 12.0. The molecule has 1 aliphatic rings. The second-order valence-corrected chi connectivity index (χ2v) is 5.24. The molecular formula is C12H17N5O5. The van der Waals surface area contributed by atoms with Gasteiger partial charge in [0, 0.05) is 0 Å². The van der Waals surface area contributed by atoms with E-state index in [0.29, 0.717) is 16.9 Å². The zero-order valence-electron chi connectivity index (χ0n) is 12.0. The van der Waals surface area contributed by atoms with Gasteiger partial charge in [-0.3, -0.25) is 4.84 Å². The van der Waals surface area contributed by atoms with Crippen molar-refractivity contribution in [2.24, 2.45) is 0 Å². The summed E-state index contributed by atoms with van der Waals surface area (Å²) in [4.78, 5) is 13.0. The Morgan fingerprint density at radius 3 is 2.91 bits per heavy atom. The second-order valence-electron chi connectivity index (χ2n) is 5.24. The molecule has 10 nitrogen and oxygen atoms in total.